The fourth-order valence-electron chi connectivity index (χ4n) is 6.44. The Morgan fingerprint density at radius 1 is 1.07 bits per heavy atom. The van der Waals surface area contributed by atoms with E-state index in [1.807, 2.05) is 4.90 Å². The minimum absolute atomic E-state index is 0.0215. The zero-order chi connectivity index (χ0) is 30.3. The Morgan fingerprint density at radius 3 is 2.21 bits per heavy atom. The van der Waals surface area contributed by atoms with E-state index in [0.717, 1.165) is 19.3 Å². The summed E-state index contributed by atoms with van der Waals surface area (Å²) in [4.78, 5) is 41.6. The monoisotopic (exact) mass is 601 g/mol. The summed E-state index contributed by atoms with van der Waals surface area (Å²) in [6.45, 7) is 4.28. The van der Waals surface area contributed by atoms with Crippen molar-refractivity contribution in [3.8, 4) is 11.5 Å². The number of aromatic hydroxyl groups is 2. The molecule has 2 heterocycles. The third-order valence-electron chi connectivity index (χ3n) is 8.62. The number of ketones is 3. The molecular formula is C29H31NO11S. The third-order valence-corrected chi connectivity index (χ3v) is 9.20. The van der Waals surface area contributed by atoms with Crippen LogP contribution in [-0.2, 0) is 35.0 Å². The van der Waals surface area contributed by atoms with Crippen molar-refractivity contribution >= 4 is 27.5 Å². The van der Waals surface area contributed by atoms with E-state index in [0.29, 0.717) is 0 Å². The molecule has 2 aromatic rings. The molecule has 224 valence electrons. The van der Waals surface area contributed by atoms with E-state index in [4.69, 9.17) is 13.7 Å². The van der Waals surface area contributed by atoms with Gasteiger partial charge in [0.25, 0.3) is 10.1 Å². The van der Waals surface area contributed by atoms with Crippen molar-refractivity contribution in [2.75, 3.05) is 19.3 Å². The first-order valence-corrected chi connectivity index (χ1v) is 15.5. The summed E-state index contributed by atoms with van der Waals surface area (Å²) in [6, 6.07) is 5.67. The maximum Gasteiger partial charge on any atom is 0.264 e. The van der Waals surface area contributed by atoms with Gasteiger partial charge in [0.2, 0.25) is 0 Å². The highest BCUT2D eigenvalue weighted by molar-refractivity contribution is 7.86. The second-order valence-electron chi connectivity index (χ2n) is 11.5. The van der Waals surface area contributed by atoms with Crippen molar-refractivity contribution in [1.82, 2.24) is 4.90 Å². The number of Topliss-reactive ketones (excluding diaryl/α,β-unsaturated/α-hetero) is 1. The molecule has 3 N–H and O–H groups in total. The molecule has 6 atom stereocenters. The smallest absolute Gasteiger partial charge is 0.264 e. The number of aliphatic hydroxyl groups is 1. The SMILES string of the molecule is CC(=O)[C@]1(O)Cc2c(O)c3c(c(O)c2[C@@H](O[C@H]2C[C@@H](N4CC4)[C@@H](OS(C)(=O)=O)[C@@H](C)O2)C1)C(=O)c1ccccc1C3=O. The highest BCUT2D eigenvalue weighted by atomic mass is 32.2. The molecule has 42 heavy (non-hydrogen) atoms. The van der Waals surface area contributed by atoms with E-state index < -0.39 is 81.2 Å². The summed E-state index contributed by atoms with van der Waals surface area (Å²) in [7, 11) is -3.79. The molecule has 0 unspecified atom stereocenters. The average molecular weight is 602 g/mol. The average Bonchev–Trinajstić information content (AvgIpc) is 3.75. The van der Waals surface area contributed by atoms with E-state index in [2.05, 4.69) is 0 Å². The molecule has 0 radical (unpaired) electrons. The second kappa shape index (κ2) is 9.93. The van der Waals surface area contributed by atoms with Crippen LogP contribution in [0.15, 0.2) is 24.3 Å². The first-order chi connectivity index (χ1) is 19.7. The van der Waals surface area contributed by atoms with Crippen LogP contribution in [0.1, 0.15) is 75.8 Å². The van der Waals surface area contributed by atoms with Crippen molar-refractivity contribution in [3.63, 3.8) is 0 Å². The highest BCUT2D eigenvalue weighted by Gasteiger charge is 2.50. The molecule has 2 saturated heterocycles. The van der Waals surface area contributed by atoms with Gasteiger partial charge in [-0.1, -0.05) is 24.3 Å². The van der Waals surface area contributed by atoms with Crippen molar-refractivity contribution in [3.05, 3.63) is 57.6 Å². The van der Waals surface area contributed by atoms with Crippen LogP contribution in [0.2, 0.25) is 0 Å². The molecule has 0 bridgehead atoms. The summed E-state index contributed by atoms with van der Waals surface area (Å²) in [5, 5.41) is 34.3. The van der Waals surface area contributed by atoms with Crippen molar-refractivity contribution in [1.29, 1.82) is 0 Å². The maximum absolute atomic E-state index is 13.5. The Balaban J connectivity index is 1.42. The molecule has 0 aromatic heterocycles. The van der Waals surface area contributed by atoms with Crippen LogP contribution in [-0.4, -0.2) is 95.5 Å². The van der Waals surface area contributed by atoms with Crippen LogP contribution >= 0.6 is 0 Å². The number of carbonyl (C=O) groups excluding carboxylic acids is 3. The van der Waals surface area contributed by atoms with Gasteiger partial charge < -0.3 is 24.8 Å². The number of fused-ring (bicyclic) bond motifs is 3. The molecule has 0 saturated carbocycles. The molecule has 2 aliphatic heterocycles. The van der Waals surface area contributed by atoms with Gasteiger partial charge in [0, 0.05) is 60.6 Å². The van der Waals surface area contributed by atoms with Gasteiger partial charge in [0.05, 0.1) is 29.6 Å². The zero-order valence-electron chi connectivity index (χ0n) is 23.2. The van der Waals surface area contributed by atoms with E-state index >= 15 is 0 Å². The molecule has 6 rings (SSSR count). The molecular weight excluding hydrogens is 570 g/mol. The number of phenolic OH excluding ortho intramolecular Hbond substituents is 2. The number of carbonyl (C=O) groups is 3. The minimum Gasteiger partial charge on any atom is -0.507 e. The summed E-state index contributed by atoms with van der Waals surface area (Å²) >= 11 is 0. The number of nitrogens with zero attached hydrogens (tertiary/aromatic N) is 1. The van der Waals surface area contributed by atoms with E-state index in [1.54, 1.807) is 19.1 Å². The van der Waals surface area contributed by atoms with Crippen molar-refractivity contribution in [2.24, 2.45) is 0 Å². The molecule has 0 amide bonds. The van der Waals surface area contributed by atoms with Gasteiger partial charge in [-0.3, -0.25) is 23.5 Å². The number of phenols is 2. The van der Waals surface area contributed by atoms with Crippen LogP contribution in [0.3, 0.4) is 0 Å². The lowest BCUT2D eigenvalue weighted by atomic mass is 9.72. The summed E-state index contributed by atoms with van der Waals surface area (Å²) < 4.78 is 41.5. The number of ether oxygens (including phenoxy) is 2. The van der Waals surface area contributed by atoms with E-state index in [-0.39, 0.29) is 46.7 Å². The lowest BCUT2D eigenvalue weighted by Crippen LogP contribution is -2.53. The van der Waals surface area contributed by atoms with Crippen LogP contribution in [0, 0.1) is 0 Å². The van der Waals surface area contributed by atoms with Gasteiger partial charge >= 0.3 is 0 Å². The van der Waals surface area contributed by atoms with Gasteiger partial charge in [0.1, 0.15) is 23.2 Å². The van der Waals surface area contributed by atoms with Gasteiger partial charge in [-0.2, -0.15) is 8.42 Å². The zero-order valence-corrected chi connectivity index (χ0v) is 24.0. The fourth-order valence-corrected chi connectivity index (χ4v) is 7.13. The molecule has 2 fully saturated rings. The Labute approximate surface area is 241 Å². The highest BCUT2D eigenvalue weighted by Crippen LogP contribution is 2.52. The van der Waals surface area contributed by atoms with Crippen LogP contribution < -0.4 is 0 Å². The standard InChI is InChI=1S/C29H31NO11S/c1-13-28(41-42(3,37)38)18(30-8-9-30)10-20(39-13)40-19-12-29(36,14(2)31)11-17-21(19)27(35)23-22(26(17)34)24(32)15-6-4-5-7-16(15)25(23)33/h4-7,13,18-20,28,34-36H,8-12H2,1-3H3/t13-,18-,19+,20+,28+,29+/m1/s1. The number of benzene rings is 2. The fraction of sp³-hybridized carbons (Fsp3) is 0.483. The molecule has 4 aliphatic rings. The van der Waals surface area contributed by atoms with E-state index in [9.17, 15) is 38.1 Å². The summed E-state index contributed by atoms with van der Waals surface area (Å²) in [6.07, 6.45) is -3.39. The predicted octanol–water partition coefficient (Wildman–Crippen LogP) is 1.36. The lowest BCUT2D eigenvalue weighted by molar-refractivity contribution is -0.250. The van der Waals surface area contributed by atoms with Crippen LogP contribution in [0.4, 0.5) is 0 Å². The summed E-state index contributed by atoms with van der Waals surface area (Å²) in [5.74, 6) is -3.14. The number of hydrogen-bond donors (Lipinski definition) is 3. The normalized spacial score (nSPS) is 30.8. The van der Waals surface area contributed by atoms with Gasteiger partial charge in [0.15, 0.2) is 23.6 Å². The van der Waals surface area contributed by atoms with Crippen molar-refractivity contribution < 1.29 is 51.8 Å². The molecule has 13 heteroatoms. The van der Waals surface area contributed by atoms with Gasteiger partial charge in [-0.15, -0.1) is 0 Å². The lowest BCUT2D eigenvalue weighted by Gasteiger charge is -2.43. The van der Waals surface area contributed by atoms with Crippen molar-refractivity contribution in [2.45, 2.75) is 69.4 Å². The molecule has 2 aromatic carbocycles. The van der Waals surface area contributed by atoms with E-state index in [1.165, 1.54) is 19.1 Å². The third kappa shape index (κ3) is 4.74. The largest absolute Gasteiger partial charge is 0.507 e. The van der Waals surface area contributed by atoms with Gasteiger partial charge in [-0.25, -0.2) is 0 Å². The second-order valence-corrected chi connectivity index (χ2v) is 13.1. The Morgan fingerprint density at radius 2 is 1.67 bits per heavy atom. The van der Waals surface area contributed by atoms with Crippen LogP contribution in [0.5, 0.6) is 11.5 Å². The molecule has 12 nitrogen and oxygen atoms in total. The van der Waals surface area contributed by atoms with Gasteiger partial charge in [-0.05, 0) is 13.8 Å². The topological polar surface area (TPSA) is 177 Å². The maximum atomic E-state index is 13.5. The first kappa shape index (κ1) is 28.9. The minimum atomic E-state index is -3.79. The number of hydrogen-bond acceptors (Lipinski definition) is 12. The Hall–Kier alpha value is -3.20. The van der Waals surface area contributed by atoms with Crippen LogP contribution in [0.25, 0.3) is 0 Å². The quantitative estimate of drug-likeness (QED) is 0.210. The Bertz CT molecular complexity index is 1630. The first-order valence-electron chi connectivity index (χ1n) is 13.7. The predicted molar refractivity (Wildman–Crippen MR) is 145 cm³/mol. The summed E-state index contributed by atoms with van der Waals surface area (Å²) in [5.41, 5.74) is -2.76. The Kier molecular flexibility index (Phi) is 6.83. The number of rotatable bonds is 6. The molecule has 2 aliphatic carbocycles. The molecule has 0 spiro atoms.